The van der Waals surface area contributed by atoms with E-state index >= 15 is 0 Å². The number of hydrogen-bond donors (Lipinski definition) is 1. The standard InChI is InChI=1S/C17H11BrCl2N2O3/c18-9-4-5-10-11(8-9)17(25)22(16(10)24)7-6-14(23)21-13-3-1-2-12(19)15(13)20/h1-5,8H,6-7H2,(H,21,23). The lowest BCUT2D eigenvalue weighted by atomic mass is 10.1. The van der Waals surface area contributed by atoms with Crippen molar-refractivity contribution in [2.24, 2.45) is 0 Å². The molecule has 1 N–H and O–H groups in total. The SMILES string of the molecule is O=C(CCN1C(=O)c2ccc(Br)cc2C1=O)Nc1cccc(Cl)c1Cl. The lowest BCUT2D eigenvalue weighted by Crippen LogP contribution is -2.32. The number of amides is 3. The molecule has 0 fully saturated rings. The topological polar surface area (TPSA) is 66.5 Å². The lowest BCUT2D eigenvalue weighted by Gasteiger charge is -2.14. The van der Waals surface area contributed by atoms with E-state index in [1.54, 1.807) is 36.4 Å². The van der Waals surface area contributed by atoms with Crippen molar-refractivity contribution in [3.63, 3.8) is 0 Å². The van der Waals surface area contributed by atoms with Crippen molar-refractivity contribution in [3.05, 3.63) is 62.0 Å². The van der Waals surface area contributed by atoms with Gasteiger partial charge >= 0.3 is 0 Å². The third-order valence-corrected chi connectivity index (χ3v) is 5.03. The summed E-state index contributed by atoms with van der Waals surface area (Å²) < 4.78 is 0.711. The quantitative estimate of drug-likeness (QED) is 0.716. The number of nitrogens with one attached hydrogen (secondary N) is 1. The Bertz CT molecular complexity index is 901. The van der Waals surface area contributed by atoms with Crippen LogP contribution in [0.2, 0.25) is 10.0 Å². The van der Waals surface area contributed by atoms with Crippen LogP contribution >= 0.6 is 39.1 Å². The van der Waals surface area contributed by atoms with E-state index in [-0.39, 0.29) is 23.9 Å². The maximum absolute atomic E-state index is 12.3. The molecular formula is C17H11BrCl2N2O3. The van der Waals surface area contributed by atoms with Crippen molar-refractivity contribution in [1.29, 1.82) is 0 Å². The Kier molecular flexibility index (Phi) is 5.13. The fraction of sp³-hybridized carbons (Fsp3) is 0.118. The van der Waals surface area contributed by atoms with Crippen molar-refractivity contribution in [1.82, 2.24) is 4.90 Å². The van der Waals surface area contributed by atoms with Gasteiger partial charge in [0.1, 0.15) is 0 Å². The minimum Gasteiger partial charge on any atom is -0.325 e. The molecule has 0 radical (unpaired) electrons. The second-order valence-corrected chi connectivity index (χ2v) is 7.05. The van der Waals surface area contributed by atoms with Gasteiger partial charge in [-0.25, -0.2) is 0 Å². The Balaban J connectivity index is 1.66. The summed E-state index contributed by atoms with van der Waals surface area (Å²) in [6.07, 6.45) is -0.0462. The summed E-state index contributed by atoms with van der Waals surface area (Å²) in [6.45, 7) is -0.0199. The zero-order valence-electron chi connectivity index (χ0n) is 12.7. The van der Waals surface area contributed by atoms with E-state index in [1.807, 2.05) is 0 Å². The fourth-order valence-corrected chi connectivity index (χ4v) is 3.20. The average Bonchev–Trinajstić information content (AvgIpc) is 2.80. The summed E-state index contributed by atoms with van der Waals surface area (Å²) >= 11 is 15.2. The van der Waals surface area contributed by atoms with Gasteiger partial charge in [0.05, 0.1) is 26.9 Å². The highest BCUT2D eigenvalue weighted by molar-refractivity contribution is 9.10. The van der Waals surface area contributed by atoms with Gasteiger partial charge in [-0.15, -0.1) is 0 Å². The van der Waals surface area contributed by atoms with E-state index < -0.39 is 11.8 Å². The molecule has 0 atom stereocenters. The molecule has 8 heteroatoms. The molecule has 3 amide bonds. The van der Waals surface area contributed by atoms with Crippen LogP contribution in [0.3, 0.4) is 0 Å². The first-order chi connectivity index (χ1) is 11.9. The number of nitrogens with zero attached hydrogens (tertiary/aromatic N) is 1. The number of benzene rings is 2. The maximum Gasteiger partial charge on any atom is 0.261 e. The molecule has 0 bridgehead atoms. The Morgan fingerprint density at radius 2 is 1.80 bits per heavy atom. The molecule has 128 valence electrons. The molecule has 25 heavy (non-hydrogen) atoms. The number of carbonyl (C=O) groups excluding carboxylic acids is 3. The van der Waals surface area contributed by atoms with Crippen LogP contribution in [0.15, 0.2) is 40.9 Å². The highest BCUT2D eigenvalue weighted by Gasteiger charge is 2.35. The molecular weight excluding hydrogens is 431 g/mol. The molecule has 1 aliphatic rings. The van der Waals surface area contributed by atoms with E-state index in [0.29, 0.717) is 26.3 Å². The third-order valence-electron chi connectivity index (χ3n) is 3.72. The first kappa shape index (κ1) is 17.9. The van der Waals surface area contributed by atoms with Crippen LogP contribution in [0.1, 0.15) is 27.1 Å². The summed E-state index contributed by atoms with van der Waals surface area (Å²) in [5, 5.41) is 3.19. The number of rotatable bonds is 4. The van der Waals surface area contributed by atoms with Gasteiger partial charge in [-0.05, 0) is 30.3 Å². The lowest BCUT2D eigenvalue weighted by molar-refractivity contribution is -0.116. The van der Waals surface area contributed by atoms with Crippen molar-refractivity contribution in [2.45, 2.75) is 6.42 Å². The number of hydrogen-bond acceptors (Lipinski definition) is 3. The molecule has 2 aromatic rings. The molecule has 0 unspecified atom stereocenters. The normalized spacial score (nSPS) is 13.2. The highest BCUT2D eigenvalue weighted by atomic mass is 79.9. The van der Waals surface area contributed by atoms with E-state index in [2.05, 4.69) is 21.2 Å². The van der Waals surface area contributed by atoms with Crippen LogP contribution in [0.25, 0.3) is 0 Å². The average molecular weight is 442 g/mol. The van der Waals surface area contributed by atoms with Gasteiger partial charge < -0.3 is 5.32 Å². The van der Waals surface area contributed by atoms with Crippen molar-refractivity contribution >= 4 is 62.5 Å². The van der Waals surface area contributed by atoms with Gasteiger partial charge in [0.25, 0.3) is 11.8 Å². The molecule has 3 rings (SSSR count). The van der Waals surface area contributed by atoms with Crippen molar-refractivity contribution < 1.29 is 14.4 Å². The molecule has 0 aliphatic carbocycles. The van der Waals surface area contributed by atoms with Crippen molar-refractivity contribution in [3.8, 4) is 0 Å². The smallest absolute Gasteiger partial charge is 0.261 e. The highest BCUT2D eigenvalue weighted by Crippen LogP contribution is 2.30. The largest absolute Gasteiger partial charge is 0.325 e. The maximum atomic E-state index is 12.3. The van der Waals surface area contributed by atoms with Gasteiger partial charge in [-0.3, -0.25) is 19.3 Å². The minimum absolute atomic E-state index is 0.0199. The number of anilines is 1. The number of halogens is 3. The molecule has 1 heterocycles. The summed E-state index contributed by atoms with van der Waals surface area (Å²) in [5.41, 5.74) is 1.05. The van der Waals surface area contributed by atoms with E-state index in [1.165, 1.54) is 0 Å². The number of imide groups is 1. The molecule has 5 nitrogen and oxygen atoms in total. The van der Waals surface area contributed by atoms with E-state index in [0.717, 1.165) is 4.90 Å². The third kappa shape index (κ3) is 3.56. The zero-order valence-corrected chi connectivity index (χ0v) is 15.8. The first-order valence-corrected chi connectivity index (χ1v) is 8.83. The summed E-state index contributed by atoms with van der Waals surface area (Å²) in [7, 11) is 0. The van der Waals surface area contributed by atoms with Crippen LogP contribution in [0, 0.1) is 0 Å². The molecule has 2 aromatic carbocycles. The van der Waals surface area contributed by atoms with Gasteiger partial charge in [0.2, 0.25) is 5.91 Å². The van der Waals surface area contributed by atoms with Crippen LogP contribution < -0.4 is 5.32 Å². The zero-order chi connectivity index (χ0) is 18.1. The summed E-state index contributed by atoms with van der Waals surface area (Å²) in [4.78, 5) is 37.8. The monoisotopic (exact) mass is 440 g/mol. The Morgan fingerprint density at radius 1 is 1.08 bits per heavy atom. The molecule has 0 saturated carbocycles. The predicted molar refractivity (Wildman–Crippen MR) is 99.2 cm³/mol. The number of fused-ring (bicyclic) bond motifs is 1. The van der Waals surface area contributed by atoms with E-state index in [9.17, 15) is 14.4 Å². The summed E-state index contributed by atoms with van der Waals surface area (Å²) in [5.74, 6) is -1.18. The first-order valence-electron chi connectivity index (χ1n) is 7.28. The van der Waals surface area contributed by atoms with Gasteiger partial charge in [0.15, 0.2) is 0 Å². The number of carbonyl (C=O) groups is 3. The van der Waals surface area contributed by atoms with Gasteiger partial charge in [-0.1, -0.05) is 45.2 Å². The minimum atomic E-state index is -0.408. The second-order valence-electron chi connectivity index (χ2n) is 5.35. The second kappa shape index (κ2) is 7.15. The molecule has 0 spiro atoms. The van der Waals surface area contributed by atoms with Gasteiger partial charge in [0, 0.05) is 17.4 Å². The van der Waals surface area contributed by atoms with E-state index in [4.69, 9.17) is 23.2 Å². The molecule has 1 aliphatic heterocycles. The Morgan fingerprint density at radius 3 is 2.56 bits per heavy atom. The fourth-order valence-electron chi connectivity index (χ4n) is 2.49. The van der Waals surface area contributed by atoms with Crippen LogP contribution in [0.4, 0.5) is 5.69 Å². The van der Waals surface area contributed by atoms with Crippen LogP contribution in [-0.2, 0) is 4.79 Å². The van der Waals surface area contributed by atoms with Gasteiger partial charge in [-0.2, -0.15) is 0 Å². The molecule has 0 aromatic heterocycles. The predicted octanol–water partition coefficient (Wildman–Crippen LogP) is 4.38. The van der Waals surface area contributed by atoms with Crippen molar-refractivity contribution in [2.75, 3.05) is 11.9 Å². The summed E-state index contributed by atoms with van der Waals surface area (Å²) in [6, 6.07) is 9.77. The Labute approximate surface area is 162 Å². The van der Waals surface area contributed by atoms with Crippen LogP contribution in [-0.4, -0.2) is 29.2 Å². The van der Waals surface area contributed by atoms with Crippen LogP contribution in [0.5, 0.6) is 0 Å². The Hall–Kier alpha value is -1.89. The molecule has 0 saturated heterocycles.